The fourth-order valence-electron chi connectivity index (χ4n) is 2.68. The second-order valence-electron chi connectivity index (χ2n) is 5.98. The fourth-order valence-corrected chi connectivity index (χ4v) is 2.68. The number of ether oxygens (including phenoxy) is 2. The van der Waals surface area contributed by atoms with E-state index in [-0.39, 0.29) is 32.4 Å². The lowest BCUT2D eigenvalue weighted by atomic mass is 9.84. The zero-order chi connectivity index (χ0) is 20.5. The molecule has 8 heteroatoms. The van der Waals surface area contributed by atoms with Crippen molar-refractivity contribution in [2.75, 3.05) is 19.7 Å². The van der Waals surface area contributed by atoms with Crippen LogP contribution in [0.3, 0.4) is 0 Å². The third-order valence-electron chi connectivity index (χ3n) is 4.29. The number of hydrogen-bond acceptors (Lipinski definition) is 6. The van der Waals surface area contributed by atoms with Gasteiger partial charge in [0.25, 0.3) is 5.91 Å². The van der Waals surface area contributed by atoms with E-state index in [2.05, 4.69) is 0 Å². The average molecular weight is 382 g/mol. The summed E-state index contributed by atoms with van der Waals surface area (Å²) in [5.74, 6) is 0.891. The maximum Gasteiger partial charge on any atom is 0.305 e. The van der Waals surface area contributed by atoms with E-state index < -0.39 is 0 Å². The molecule has 0 spiro atoms. The zero-order valence-electron chi connectivity index (χ0n) is 16.0. The van der Waals surface area contributed by atoms with Gasteiger partial charge in [-0.15, -0.1) is 0 Å². The van der Waals surface area contributed by atoms with Crippen LogP contribution in [0.2, 0.25) is 0 Å². The van der Waals surface area contributed by atoms with Crippen molar-refractivity contribution in [3.8, 4) is 23.3 Å². The van der Waals surface area contributed by atoms with Crippen LogP contribution in [0.1, 0.15) is 25.0 Å². The van der Waals surface area contributed by atoms with E-state index in [1.54, 1.807) is 35.2 Å². The number of rotatable bonds is 9. The molecule has 0 unspecified atom stereocenters. The zero-order valence-corrected chi connectivity index (χ0v) is 16.0. The third-order valence-corrected chi connectivity index (χ3v) is 4.29. The van der Waals surface area contributed by atoms with E-state index in [0.717, 1.165) is 0 Å². The van der Waals surface area contributed by atoms with Crippen molar-refractivity contribution in [1.29, 1.82) is 5.26 Å². The van der Waals surface area contributed by atoms with Gasteiger partial charge >= 0.3 is 7.48 Å². The Hall–Kier alpha value is -3.02. The minimum Gasteiger partial charge on any atom is -0.480 e. The fraction of sp³-hybridized carbons (Fsp3) is 0.300. The number of aliphatic hydroxyl groups is 1. The molecule has 2 aromatic carbocycles. The molecule has 7 nitrogen and oxygen atoms in total. The molecule has 0 radical (unpaired) electrons. The molecule has 2 aromatic rings. The number of nitrogens with zero attached hydrogens (tertiary/aromatic N) is 2. The van der Waals surface area contributed by atoms with E-state index in [0.29, 0.717) is 41.2 Å². The minimum absolute atomic E-state index is 0.159. The number of benzene rings is 2. The van der Waals surface area contributed by atoms with E-state index >= 15 is 0 Å². The summed E-state index contributed by atoms with van der Waals surface area (Å²) in [6.07, 6.45) is 0. The summed E-state index contributed by atoms with van der Waals surface area (Å²) in [6.45, 7) is 4.55. The number of likely N-dealkylation sites (N-methyl/N-ethyl adjacent to an activating group) is 1. The molecule has 0 atom stereocenters. The van der Waals surface area contributed by atoms with Gasteiger partial charge in [0.15, 0.2) is 18.1 Å². The predicted octanol–water partition coefficient (Wildman–Crippen LogP) is 1.06. The number of hydrogen-bond donors (Lipinski definition) is 2. The molecule has 28 heavy (non-hydrogen) atoms. The SMILES string of the molecule is CCN(CC)C(=O)COc1cc(C#N)ccc1Oc1ccc(BO)c(CO)c1. The van der Waals surface area contributed by atoms with E-state index in [1.807, 2.05) is 19.9 Å². The molecule has 0 aliphatic carbocycles. The van der Waals surface area contributed by atoms with Crippen LogP contribution in [0.15, 0.2) is 36.4 Å². The highest BCUT2D eigenvalue weighted by Crippen LogP contribution is 2.32. The molecule has 0 aromatic heterocycles. The van der Waals surface area contributed by atoms with Crippen molar-refractivity contribution in [3.05, 3.63) is 47.5 Å². The topological polar surface area (TPSA) is 103 Å². The molecule has 0 aliphatic heterocycles. The highest BCUT2D eigenvalue weighted by Gasteiger charge is 2.14. The van der Waals surface area contributed by atoms with Crippen LogP contribution in [0.25, 0.3) is 0 Å². The standard InChI is InChI=1S/C20H23BN2O5/c1-3-23(4-2)20(25)13-27-19-9-14(11-22)5-8-18(19)28-16-6-7-17(21-26)15(10-16)12-24/h5-10,21,24,26H,3-4,12-13H2,1-2H3. The number of carbonyl (C=O) groups excluding carboxylic acids is 1. The van der Waals surface area contributed by atoms with Crippen LogP contribution >= 0.6 is 0 Å². The van der Waals surface area contributed by atoms with Gasteiger partial charge in [0, 0.05) is 19.2 Å². The van der Waals surface area contributed by atoms with Crippen LogP contribution in [-0.2, 0) is 11.4 Å². The first-order chi connectivity index (χ1) is 13.6. The summed E-state index contributed by atoms with van der Waals surface area (Å²) in [5.41, 5.74) is 1.54. The maximum absolute atomic E-state index is 12.2. The Morgan fingerprint density at radius 2 is 1.93 bits per heavy atom. The summed E-state index contributed by atoms with van der Waals surface area (Å²) in [7, 11) is -0.186. The summed E-state index contributed by atoms with van der Waals surface area (Å²) < 4.78 is 11.5. The van der Waals surface area contributed by atoms with Crippen molar-refractivity contribution in [1.82, 2.24) is 4.90 Å². The quantitative estimate of drug-likeness (QED) is 0.629. The average Bonchev–Trinajstić information content (AvgIpc) is 2.73. The van der Waals surface area contributed by atoms with Crippen molar-refractivity contribution in [3.63, 3.8) is 0 Å². The van der Waals surface area contributed by atoms with Gasteiger partial charge in [-0.1, -0.05) is 6.07 Å². The first-order valence-electron chi connectivity index (χ1n) is 9.02. The van der Waals surface area contributed by atoms with Crippen LogP contribution < -0.4 is 14.9 Å². The van der Waals surface area contributed by atoms with Gasteiger partial charge in [0.05, 0.1) is 18.2 Å². The Balaban J connectivity index is 2.25. The molecule has 0 heterocycles. The van der Waals surface area contributed by atoms with Crippen LogP contribution in [-0.4, -0.2) is 48.1 Å². The minimum atomic E-state index is -0.234. The van der Waals surface area contributed by atoms with Crippen LogP contribution in [0, 0.1) is 11.3 Å². The second-order valence-corrected chi connectivity index (χ2v) is 5.98. The highest BCUT2D eigenvalue weighted by molar-refractivity contribution is 6.46. The van der Waals surface area contributed by atoms with E-state index in [4.69, 9.17) is 14.7 Å². The van der Waals surface area contributed by atoms with Crippen LogP contribution in [0.4, 0.5) is 0 Å². The van der Waals surface area contributed by atoms with Crippen molar-refractivity contribution >= 4 is 18.9 Å². The normalized spacial score (nSPS) is 10.1. The summed E-state index contributed by atoms with van der Waals surface area (Å²) in [5, 5.41) is 27.9. The number of amides is 1. The van der Waals surface area contributed by atoms with E-state index in [9.17, 15) is 14.9 Å². The predicted molar refractivity (Wildman–Crippen MR) is 106 cm³/mol. The molecular formula is C20H23BN2O5. The number of nitriles is 1. The van der Waals surface area contributed by atoms with Gasteiger partial charge in [-0.25, -0.2) is 0 Å². The Morgan fingerprint density at radius 1 is 1.18 bits per heavy atom. The molecule has 0 bridgehead atoms. The third kappa shape index (κ3) is 5.25. The Morgan fingerprint density at radius 3 is 2.54 bits per heavy atom. The Kier molecular flexibility index (Phi) is 7.87. The lowest BCUT2D eigenvalue weighted by Gasteiger charge is -2.19. The molecule has 2 rings (SSSR count). The van der Waals surface area contributed by atoms with Gasteiger partial charge in [0.1, 0.15) is 5.75 Å². The molecule has 0 aliphatic rings. The van der Waals surface area contributed by atoms with Gasteiger partial charge in [-0.3, -0.25) is 4.79 Å². The van der Waals surface area contributed by atoms with Gasteiger partial charge in [-0.2, -0.15) is 5.26 Å². The largest absolute Gasteiger partial charge is 0.480 e. The summed E-state index contributed by atoms with van der Waals surface area (Å²) in [4.78, 5) is 13.8. The highest BCUT2D eigenvalue weighted by atomic mass is 16.5. The monoisotopic (exact) mass is 382 g/mol. The first kappa shape index (κ1) is 21.3. The molecule has 0 saturated heterocycles. The molecule has 0 fully saturated rings. The van der Waals surface area contributed by atoms with Gasteiger partial charge < -0.3 is 24.5 Å². The number of carbonyl (C=O) groups is 1. The Labute approximate surface area is 165 Å². The lowest BCUT2D eigenvalue weighted by molar-refractivity contribution is -0.132. The van der Waals surface area contributed by atoms with Crippen molar-refractivity contribution in [2.45, 2.75) is 20.5 Å². The molecular weight excluding hydrogens is 359 g/mol. The van der Waals surface area contributed by atoms with Crippen LogP contribution in [0.5, 0.6) is 17.2 Å². The molecule has 146 valence electrons. The second kappa shape index (κ2) is 10.4. The summed E-state index contributed by atoms with van der Waals surface area (Å²) in [6, 6.07) is 11.7. The van der Waals surface area contributed by atoms with Crippen molar-refractivity contribution in [2.24, 2.45) is 0 Å². The van der Waals surface area contributed by atoms with Crippen molar-refractivity contribution < 1.29 is 24.4 Å². The maximum atomic E-state index is 12.2. The van der Waals surface area contributed by atoms with Gasteiger partial charge in [0.2, 0.25) is 0 Å². The molecule has 2 N–H and O–H groups in total. The smallest absolute Gasteiger partial charge is 0.305 e. The number of aliphatic hydroxyl groups excluding tert-OH is 1. The first-order valence-corrected chi connectivity index (χ1v) is 9.02. The van der Waals surface area contributed by atoms with E-state index in [1.165, 1.54) is 6.07 Å². The molecule has 0 saturated carbocycles. The summed E-state index contributed by atoms with van der Waals surface area (Å²) >= 11 is 0. The molecule has 1 amide bonds. The van der Waals surface area contributed by atoms with Gasteiger partial charge in [-0.05, 0) is 49.1 Å². The Bertz CT molecular complexity index is 862. The lowest BCUT2D eigenvalue weighted by Crippen LogP contribution is -2.34.